The Morgan fingerprint density at radius 1 is 1.45 bits per heavy atom. The average molecular weight is 277 g/mol. The van der Waals surface area contributed by atoms with Gasteiger partial charge in [0.15, 0.2) is 0 Å². The van der Waals surface area contributed by atoms with E-state index in [4.69, 9.17) is 0 Å². The van der Waals surface area contributed by atoms with Crippen LogP contribution in [0.2, 0.25) is 0 Å². The maximum atomic E-state index is 12.0. The fourth-order valence-electron chi connectivity index (χ4n) is 2.33. The summed E-state index contributed by atoms with van der Waals surface area (Å²) in [7, 11) is 0. The van der Waals surface area contributed by atoms with Crippen LogP contribution in [0.25, 0.3) is 0 Å². The van der Waals surface area contributed by atoms with Crippen molar-refractivity contribution >= 4 is 17.5 Å². The second-order valence-corrected chi connectivity index (χ2v) is 5.55. The van der Waals surface area contributed by atoms with E-state index >= 15 is 0 Å². The largest absolute Gasteiger partial charge is 0.370 e. The van der Waals surface area contributed by atoms with Crippen LogP contribution in [0.15, 0.2) is 6.07 Å². The number of amides is 1. The molecule has 2 heterocycles. The zero-order valence-electron chi connectivity index (χ0n) is 12.7. The van der Waals surface area contributed by atoms with Gasteiger partial charge in [0.1, 0.15) is 23.0 Å². The lowest BCUT2D eigenvalue weighted by Gasteiger charge is -2.42. The van der Waals surface area contributed by atoms with E-state index in [1.54, 1.807) is 0 Å². The Bertz CT molecular complexity index is 500. The standard InChI is InChI=1S/C14H23N5O/c1-5-6-15-11-9-12(18-10(2)17-11)19-8-7-16-13(20)14(19,3)4/h9H,5-8H2,1-4H3,(H,16,20)(H,15,17,18). The van der Waals surface area contributed by atoms with Crippen molar-refractivity contribution in [2.75, 3.05) is 29.9 Å². The molecule has 6 heteroatoms. The van der Waals surface area contributed by atoms with Gasteiger partial charge in [0.2, 0.25) is 5.91 Å². The van der Waals surface area contributed by atoms with Crippen LogP contribution in [0.3, 0.4) is 0 Å². The second-order valence-electron chi connectivity index (χ2n) is 5.55. The maximum Gasteiger partial charge on any atom is 0.245 e. The van der Waals surface area contributed by atoms with Gasteiger partial charge in [-0.3, -0.25) is 4.79 Å². The van der Waals surface area contributed by atoms with Gasteiger partial charge >= 0.3 is 0 Å². The maximum absolute atomic E-state index is 12.0. The summed E-state index contributed by atoms with van der Waals surface area (Å²) >= 11 is 0. The molecule has 0 bridgehead atoms. The summed E-state index contributed by atoms with van der Waals surface area (Å²) in [5, 5.41) is 6.17. The van der Waals surface area contributed by atoms with Crippen LogP contribution in [-0.4, -0.2) is 41.0 Å². The van der Waals surface area contributed by atoms with Crippen molar-refractivity contribution < 1.29 is 4.79 Å². The van der Waals surface area contributed by atoms with Crippen molar-refractivity contribution in [3.63, 3.8) is 0 Å². The predicted molar refractivity (Wildman–Crippen MR) is 80.0 cm³/mol. The number of anilines is 2. The zero-order chi connectivity index (χ0) is 14.8. The molecule has 110 valence electrons. The molecule has 1 aromatic rings. The molecule has 1 aliphatic heterocycles. The van der Waals surface area contributed by atoms with Gasteiger partial charge in [-0.2, -0.15) is 0 Å². The summed E-state index contributed by atoms with van der Waals surface area (Å²) in [5.41, 5.74) is -0.596. The Balaban J connectivity index is 2.31. The summed E-state index contributed by atoms with van der Waals surface area (Å²) < 4.78 is 0. The van der Waals surface area contributed by atoms with Crippen molar-refractivity contribution in [1.82, 2.24) is 15.3 Å². The van der Waals surface area contributed by atoms with Gasteiger partial charge in [-0.25, -0.2) is 9.97 Å². The third-order valence-corrected chi connectivity index (χ3v) is 3.51. The van der Waals surface area contributed by atoms with Crippen LogP contribution >= 0.6 is 0 Å². The third-order valence-electron chi connectivity index (χ3n) is 3.51. The lowest BCUT2D eigenvalue weighted by Crippen LogP contribution is -2.62. The highest BCUT2D eigenvalue weighted by Crippen LogP contribution is 2.26. The number of nitrogens with one attached hydrogen (secondary N) is 2. The molecule has 0 spiro atoms. The molecule has 6 nitrogen and oxygen atoms in total. The van der Waals surface area contributed by atoms with Gasteiger partial charge in [0.25, 0.3) is 0 Å². The molecule has 0 unspecified atom stereocenters. The molecule has 1 saturated heterocycles. The van der Waals surface area contributed by atoms with E-state index in [0.29, 0.717) is 12.4 Å². The molecule has 1 fully saturated rings. The summed E-state index contributed by atoms with van der Waals surface area (Å²) in [6, 6.07) is 1.92. The molecule has 2 N–H and O–H groups in total. The molecular weight excluding hydrogens is 254 g/mol. The van der Waals surface area contributed by atoms with Crippen LogP contribution in [0.5, 0.6) is 0 Å². The number of hydrogen-bond donors (Lipinski definition) is 2. The highest BCUT2D eigenvalue weighted by molar-refractivity contribution is 5.90. The van der Waals surface area contributed by atoms with Gasteiger partial charge in [0.05, 0.1) is 0 Å². The Hall–Kier alpha value is -1.85. The number of aromatic nitrogens is 2. The number of hydrogen-bond acceptors (Lipinski definition) is 5. The monoisotopic (exact) mass is 277 g/mol. The Kier molecular flexibility index (Phi) is 4.11. The summed E-state index contributed by atoms with van der Waals surface area (Å²) in [4.78, 5) is 22.9. The van der Waals surface area contributed by atoms with Crippen LogP contribution in [-0.2, 0) is 4.79 Å². The van der Waals surface area contributed by atoms with E-state index in [1.165, 1.54) is 0 Å². The molecule has 0 radical (unpaired) electrons. The van der Waals surface area contributed by atoms with Gasteiger partial charge in [0, 0.05) is 25.7 Å². The van der Waals surface area contributed by atoms with Crippen molar-refractivity contribution in [1.29, 1.82) is 0 Å². The molecule has 1 amide bonds. The molecule has 1 aromatic heterocycles. The molecule has 2 rings (SSSR count). The SMILES string of the molecule is CCCNc1cc(N2CCNC(=O)C2(C)C)nc(C)n1. The summed E-state index contributed by atoms with van der Waals surface area (Å²) in [6.45, 7) is 10.1. The van der Waals surface area contributed by atoms with E-state index in [-0.39, 0.29) is 5.91 Å². The minimum Gasteiger partial charge on any atom is -0.370 e. The molecule has 0 aliphatic carbocycles. The van der Waals surface area contributed by atoms with Gasteiger partial charge in [-0.15, -0.1) is 0 Å². The highest BCUT2D eigenvalue weighted by Gasteiger charge is 2.38. The number of rotatable bonds is 4. The topological polar surface area (TPSA) is 70.2 Å². The fraction of sp³-hybridized carbons (Fsp3) is 0.643. The van der Waals surface area contributed by atoms with E-state index in [2.05, 4.69) is 27.5 Å². The van der Waals surface area contributed by atoms with Gasteiger partial charge < -0.3 is 15.5 Å². The number of carbonyl (C=O) groups excluding carboxylic acids is 1. The second kappa shape index (κ2) is 5.64. The first kappa shape index (κ1) is 14.6. The molecular formula is C14H23N5O. The van der Waals surface area contributed by atoms with Crippen molar-refractivity contribution in [3.8, 4) is 0 Å². The van der Waals surface area contributed by atoms with Crippen LogP contribution < -0.4 is 15.5 Å². The first-order chi connectivity index (χ1) is 9.45. The highest BCUT2D eigenvalue weighted by atomic mass is 16.2. The number of nitrogens with zero attached hydrogens (tertiary/aromatic N) is 3. The van der Waals surface area contributed by atoms with Gasteiger partial charge in [-0.05, 0) is 27.2 Å². The van der Waals surface area contributed by atoms with E-state index in [9.17, 15) is 4.79 Å². The summed E-state index contributed by atoms with van der Waals surface area (Å²) in [5.74, 6) is 2.36. The fourth-order valence-corrected chi connectivity index (χ4v) is 2.33. The molecule has 0 aromatic carbocycles. The first-order valence-electron chi connectivity index (χ1n) is 7.10. The zero-order valence-corrected chi connectivity index (χ0v) is 12.7. The molecule has 1 aliphatic rings. The van der Waals surface area contributed by atoms with Crippen LogP contribution in [0.4, 0.5) is 11.6 Å². The number of carbonyl (C=O) groups is 1. The minimum atomic E-state index is -0.596. The Morgan fingerprint density at radius 2 is 2.20 bits per heavy atom. The number of piperazine rings is 1. The van der Waals surface area contributed by atoms with Crippen LogP contribution in [0.1, 0.15) is 33.0 Å². The lowest BCUT2D eigenvalue weighted by molar-refractivity contribution is -0.126. The third kappa shape index (κ3) is 2.84. The normalized spacial score (nSPS) is 17.8. The molecule has 20 heavy (non-hydrogen) atoms. The van der Waals surface area contributed by atoms with Crippen molar-refractivity contribution in [2.24, 2.45) is 0 Å². The minimum absolute atomic E-state index is 0.0306. The van der Waals surface area contributed by atoms with E-state index in [0.717, 1.165) is 31.1 Å². The lowest BCUT2D eigenvalue weighted by atomic mass is 9.99. The molecule has 0 saturated carbocycles. The van der Waals surface area contributed by atoms with E-state index < -0.39 is 5.54 Å². The average Bonchev–Trinajstić information content (AvgIpc) is 2.39. The quantitative estimate of drug-likeness (QED) is 0.868. The van der Waals surface area contributed by atoms with Crippen molar-refractivity contribution in [3.05, 3.63) is 11.9 Å². The van der Waals surface area contributed by atoms with Gasteiger partial charge in [-0.1, -0.05) is 6.92 Å². The Labute approximate surface area is 120 Å². The Morgan fingerprint density at radius 3 is 2.90 bits per heavy atom. The van der Waals surface area contributed by atoms with Crippen molar-refractivity contribution in [2.45, 2.75) is 39.7 Å². The van der Waals surface area contributed by atoms with Crippen LogP contribution in [0, 0.1) is 6.92 Å². The first-order valence-corrected chi connectivity index (χ1v) is 7.10. The summed E-state index contributed by atoms with van der Waals surface area (Å²) in [6.07, 6.45) is 1.04. The predicted octanol–water partition coefficient (Wildman–Crippen LogP) is 1.32. The number of aryl methyl sites for hydroxylation is 1. The van der Waals surface area contributed by atoms with E-state index in [1.807, 2.05) is 31.7 Å². The molecule has 0 atom stereocenters. The smallest absolute Gasteiger partial charge is 0.245 e.